The summed E-state index contributed by atoms with van der Waals surface area (Å²) in [7, 11) is 0. The molecule has 0 radical (unpaired) electrons. The summed E-state index contributed by atoms with van der Waals surface area (Å²) in [5, 5.41) is 2.64. The van der Waals surface area contributed by atoms with E-state index in [0.29, 0.717) is 6.42 Å². The van der Waals surface area contributed by atoms with Crippen LogP contribution in [0, 0.1) is 11.6 Å². The van der Waals surface area contributed by atoms with Gasteiger partial charge in [0.2, 0.25) is 5.91 Å². The zero-order valence-electron chi connectivity index (χ0n) is 11.2. The molecule has 0 aliphatic heterocycles. The van der Waals surface area contributed by atoms with Gasteiger partial charge >= 0.3 is 0 Å². The number of hydrogen-bond acceptors (Lipinski definition) is 2. The Hall–Kier alpha value is -1.49. The minimum Gasteiger partial charge on any atom is -0.348 e. The summed E-state index contributed by atoms with van der Waals surface area (Å²) in [6.07, 6.45) is 2.43. The lowest BCUT2D eigenvalue weighted by molar-refractivity contribution is -0.123. The molecule has 0 saturated heterocycles. The molecule has 0 bridgehead atoms. The molecule has 1 aromatic carbocycles. The van der Waals surface area contributed by atoms with Crippen molar-refractivity contribution in [1.82, 2.24) is 5.32 Å². The fraction of sp³-hybridized carbons (Fsp3) is 0.500. The molecule has 106 valence electrons. The second kappa shape index (κ2) is 7.19. The lowest BCUT2D eigenvalue weighted by Crippen LogP contribution is -2.41. The average molecular weight is 270 g/mol. The third-order valence-electron chi connectivity index (χ3n) is 2.99. The third-order valence-corrected chi connectivity index (χ3v) is 2.99. The van der Waals surface area contributed by atoms with Crippen LogP contribution in [0.15, 0.2) is 18.2 Å². The van der Waals surface area contributed by atoms with E-state index in [-0.39, 0.29) is 11.5 Å². The topological polar surface area (TPSA) is 55.1 Å². The molecule has 3 N–H and O–H groups in total. The second-order valence-corrected chi connectivity index (χ2v) is 4.64. The van der Waals surface area contributed by atoms with Crippen LogP contribution in [-0.4, -0.2) is 11.9 Å². The second-order valence-electron chi connectivity index (χ2n) is 4.64. The van der Waals surface area contributed by atoms with Gasteiger partial charge in [0.25, 0.3) is 0 Å². The van der Waals surface area contributed by atoms with Gasteiger partial charge in [0, 0.05) is 11.6 Å². The highest BCUT2D eigenvalue weighted by molar-refractivity contribution is 5.81. The van der Waals surface area contributed by atoms with Crippen molar-refractivity contribution in [2.24, 2.45) is 5.73 Å². The van der Waals surface area contributed by atoms with E-state index >= 15 is 0 Å². The van der Waals surface area contributed by atoms with Crippen LogP contribution in [0.5, 0.6) is 0 Å². The fourth-order valence-corrected chi connectivity index (χ4v) is 1.81. The van der Waals surface area contributed by atoms with E-state index in [1.54, 1.807) is 6.92 Å². The van der Waals surface area contributed by atoms with E-state index in [0.717, 1.165) is 25.0 Å². The predicted molar refractivity (Wildman–Crippen MR) is 70.4 cm³/mol. The minimum absolute atomic E-state index is 0.248. The number of amides is 1. The quantitative estimate of drug-likeness (QED) is 0.835. The first-order valence-corrected chi connectivity index (χ1v) is 6.46. The largest absolute Gasteiger partial charge is 0.348 e. The van der Waals surface area contributed by atoms with Crippen LogP contribution < -0.4 is 11.1 Å². The minimum atomic E-state index is -0.671. The molecule has 0 saturated carbocycles. The van der Waals surface area contributed by atoms with Gasteiger partial charge in [-0.25, -0.2) is 8.78 Å². The summed E-state index contributed by atoms with van der Waals surface area (Å²) in [4.78, 5) is 11.8. The van der Waals surface area contributed by atoms with E-state index in [4.69, 9.17) is 5.73 Å². The highest BCUT2D eigenvalue weighted by atomic mass is 19.1. The summed E-state index contributed by atoms with van der Waals surface area (Å²) in [5.41, 5.74) is 5.97. The van der Waals surface area contributed by atoms with E-state index in [1.807, 2.05) is 6.92 Å². The number of unbranched alkanes of at least 4 members (excludes halogenated alkanes) is 1. The van der Waals surface area contributed by atoms with Gasteiger partial charge in [0.15, 0.2) is 0 Å². The van der Waals surface area contributed by atoms with Crippen LogP contribution in [0.1, 0.15) is 44.7 Å². The molecule has 1 amide bonds. The van der Waals surface area contributed by atoms with Crippen LogP contribution in [0.4, 0.5) is 8.78 Å². The molecule has 0 spiro atoms. The summed E-state index contributed by atoms with van der Waals surface area (Å²) in [5.74, 6) is -1.63. The molecule has 5 heteroatoms. The highest BCUT2D eigenvalue weighted by Gasteiger charge is 2.18. The molecular weight excluding hydrogens is 250 g/mol. The van der Waals surface area contributed by atoms with Gasteiger partial charge in [-0.1, -0.05) is 25.8 Å². The highest BCUT2D eigenvalue weighted by Crippen LogP contribution is 2.17. The van der Waals surface area contributed by atoms with E-state index in [9.17, 15) is 13.6 Å². The Morgan fingerprint density at radius 2 is 2.11 bits per heavy atom. The number of nitrogens with one attached hydrogen (secondary N) is 1. The summed E-state index contributed by atoms with van der Waals surface area (Å²) < 4.78 is 26.3. The van der Waals surface area contributed by atoms with Crippen molar-refractivity contribution in [3.8, 4) is 0 Å². The molecule has 0 aliphatic carbocycles. The number of nitrogens with two attached hydrogens (primary N) is 1. The zero-order chi connectivity index (χ0) is 14.4. The Bertz CT molecular complexity index is 437. The normalized spacial score (nSPS) is 13.9. The molecule has 0 aromatic heterocycles. The fourth-order valence-electron chi connectivity index (χ4n) is 1.81. The van der Waals surface area contributed by atoms with E-state index in [2.05, 4.69) is 5.32 Å². The van der Waals surface area contributed by atoms with Crippen molar-refractivity contribution >= 4 is 5.91 Å². The number of benzene rings is 1. The van der Waals surface area contributed by atoms with Crippen molar-refractivity contribution in [2.45, 2.75) is 45.2 Å². The zero-order valence-corrected chi connectivity index (χ0v) is 11.2. The SMILES string of the molecule is CCCCC(N)C(=O)NC(C)c1ccc(F)cc1F. The van der Waals surface area contributed by atoms with Crippen molar-refractivity contribution in [3.63, 3.8) is 0 Å². The van der Waals surface area contributed by atoms with Crippen molar-refractivity contribution in [3.05, 3.63) is 35.4 Å². The Balaban J connectivity index is 2.63. The molecule has 2 atom stereocenters. The van der Waals surface area contributed by atoms with Gasteiger partial charge in [-0.05, 0) is 19.4 Å². The first kappa shape index (κ1) is 15.6. The molecule has 19 heavy (non-hydrogen) atoms. The molecule has 0 aliphatic rings. The van der Waals surface area contributed by atoms with E-state index < -0.39 is 23.7 Å². The van der Waals surface area contributed by atoms with Crippen molar-refractivity contribution in [2.75, 3.05) is 0 Å². The van der Waals surface area contributed by atoms with Gasteiger partial charge < -0.3 is 11.1 Å². The molecule has 0 heterocycles. The molecular formula is C14H20F2N2O. The van der Waals surface area contributed by atoms with Gasteiger partial charge in [0.1, 0.15) is 11.6 Å². The Labute approximate surface area is 112 Å². The first-order chi connectivity index (χ1) is 8.95. The Morgan fingerprint density at radius 3 is 2.68 bits per heavy atom. The van der Waals surface area contributed by atoms with Crippen LogP contribution in [0.3, 0.4) is 0 Å². The Morgan fingerprint density at radius 1 is 1.42 bits per heavy atom. The van der Waals surface area contributed by atoms with E-state index in [1.165, 1.54) is 6.07 Å². The van der Waals surface area contributed by atoms with Crippen molar-refractivity contribution in [1.29, 1.82) is 0 Å². The lowest BCUT2D eigenvalue weighted by atomic mass is 10.1. The molecule has 1 aromatic rings. The lowest BCUT2D eigenvalue weighted by Gasteiger charge is -2.18. The number of carbonyl (C=O) groups excluding carboxylic acids is 1. The van der Waals surface area contributed by atoms with Crippen LogP contribution >= 0.6 is 0 Å². The number of carbonyl (C=O) groups is 1. The summed E-state index contributed by atoms with van der Waals surface area (Å²) in [6, 6.07) is 2.16. The maximum atomic E-state index is 13.5. The van der Waals surface area contributed by atoms with Gasteiger partial charge in [-0.2, -0.15) is 0 Å². The maximum Gasteiger partial charge on any atom is 0.237 e. The molecule has 0 fully saturated rings. The van der Waals surface area contributed by atoms with Gasteiger partial charge in [-0.3, -0.25) is 4.79 Å². The van der Waals surface area contributed by atoms with Crippen molar-refractivity contribution < 1.29 is 13.6 Å². The number of rotatable bonds is 6. The summed E-state index contributed by atoms with van der Waals surface area (Å²) >= 11 is 0. The smallest absolute Gasteiger partial charge is 0.237 e. The van der Waals surface area contributed by atoms with Crippen LogP contribution in [0.2, 0.25) is 0 Å². The monoisotopic (exact) mass is 270 g/mol. The van der Waals surface area contributed by atoms with Crippen LogP contribution in [0.25, 0.3) is 0 Å². The molecule has 2 unspecified atom stereocenters. The molecule has 3 nitrogen and oxygen atoms in total. The third kappa shape index (κ3) is 4.59. The predicted octanol–water partition coefficient (Wildman–Crippen LogP) is 2.66. The van der Waals surface area contributed by atoms with Gasteiger partial charge in [-0.15, -0.1) is 0 Å². The molecule has 1 rings (SSSR count). The van der Waals surface area contributed by atoms with Crippen LogP contribution in [-0.2, 0) is 4.79 Å². The summed E-state index contributed by atoms with van der Waals surface area (Å²) in [6.45, 7) is 3.65. The first-order valence-electron chi connectivity index (χ1n) is 6.46. The standard InChI is InChI=1S/C14H20F2N2O/c1-3-4-5-13(17)14(19)18-9(2)11-7-6-10(15)8-12(11)16/h6-9,13H,3-5,17H2,1-2H3,(H,18,19). The van der Waals surface area contributed by atoms with Gasteiger partial charge in [0.05, 0.1) is 12.1 Å². The maximum absolute atomic E-state index is 13.5. The number of hydrogen-bond donors (Lipinski definition) is 2. The number of halogens is 2. The average Bonchev–Trinajstić information content (AvgIpc) is 2.35. The Kier molecular flexibility index (Phi) is 5.89.